The Morgan fingerprint density at radius 3 is 2.76 bits per heavy atom. The minimum atomic E-state index is -0.653. The van der Waals surface area contributed by atoms with Gasteiger partial charge >= 0.3 is 5.97 Å². The Kier molecular flexibility index (Phi) is 4.42. The van der Waals surface area contributed by atoms with Crippen molar-refractivity contribution in [2.75, 3.05) is 11.9 Å². The zero-order chi connectivity index (χ0) is 15.6. The first-order valence-electron chi connectivity index (χ1n) is 6.29. The fourth-order valence-electron chi connectivity index (χ4n) is 1.84. The van der Waals surface area contributed by atoms with Crippen LogP contribution in [-0.4, -0.2) is 23.4 Å². The molecule has 2 unspecified atom stereocenters. The Hall–Kier alpha value is -2.15. The van der Waals surface area contributed by atoms with Crippen LogP contribution in [0.5, 0.6) is 0 Å². The Morgan fingerprint density at radius 1 is 1.52 bits per heavy atom. The minimum Gasteiger partial charge on any atom is -0.455 e. The van der Waals surface area contributed by atoms with Crippen molar-refractivity contribution in [3.8, 4) is 0 Å². The van der Waals surface area contributed by atoms with E-state index in [9.17, 15) is 19.7 Å². The summed E-state index contributed by atoms with van der Waals surface area (Å²) >= 11 is 5.67. The molecule has 21 heavy (non-hydrogen) atoms. The maximum absolute atomic E-state index is 11.7. The van der Waals surface area contributed by atoms with Gasteiger partial charge in [-0.05, 0) is 24.5 Å². The SMILES string of the molecule is CC1CC1C(=O)OCC(=O)Nc1ccc(Cl)cc1[N+](=O)[O-]. The number of carbonyl (C=O) groups excluding carboxylic acids is 2. The number of nitrogens with one attached hydrogen (secondary N) is 1. The lowest BCUT2D eigenvalue weighted by molar-refractivity contribution is -0.383. The van der Waals surface area contributed by atoms with Crippen LogP contribution in [0.2, 0.25) is 5.02 Å². The van der Waals surface area contributed by atoms with Crippen molar-refractivity contribution in [3.05, 3.63) is 33.3 Å². The van der Waals surface area contributed by atoms with Gasteiger partial charge in [0.1, 0.15) is 5.69 Å². The van der Waals surface area contributed by atoms with Gasteiger partial charge in [0.05, 0.1) is 10.8 Å². The van der Waals surface area contributed by atoms with E-state index in [0.717, 1.165) is 12.5 Å². The number of nitrogens with zero attached hydrogens (tertiary/aromatic N) is 1. The summed E-state index contributed by atoms with van der Waals surface area (Å²) < 4.78 is 4.85. The summed E-state index contributed by atoms with van der Waals surface area (Å²) in [6.07, 6.45) is 0.767. The van der Waals surface area contributed by atoms with E-state index in [1.165, 1.54) is 12.1 Å². The van der Waals surface area contributed by atoms with Crippen molar-refractivity contribution in [1.82, 2.24) is 0 Å². The zero-order valence-electron chi connectivity index (χ0n) is 11.2. The molecule has 1 aromatic carbocycles. The van der Waals surface area contributed by atoms with Crippen LogP contribution in [0.25, 0.3) is 0 Å². The summed E-state index contributed by atoms with van der Waals surface area (Å²) in [7, 11) is 0. The van der Waals surface area contributed by atoms with Crippen LogP contribution >= 0.6 is 11.6 Å². The summed E-state index contributed by atoms with van der Waals surface area (Å²) in [5.41, 5.74) is -0.316. The van der Waals surface area contributed by atoms with Gasteiger partial charge in [0.15, 0.2) is 6.61 Å². The van der Waals surface area contributed by atoms with Gasteiger partial charge in [-0.25, -0.2) is 0 Å². The minimum absolute atomic E-state index is 0.00485. The third-order valence-electron chi connectivity index (χ3n) is 3.19. The zero-order valence-corrected chi connectivity index (χ0v) is 11.9. The van der Waals surface area contributed by atoms with Crippen LogP contribution < -0.4 is 5.32 Å². The molecule has 2 rings (SSSR count). The molecule has 0 saturated heterocycles. The summed E-state index contributed by atoms with van der Waals surface area (Å²) in [5, 5.41) is 13.4. The molecule has 0 aromatic heterocycles. The summed E-state index contributed by atoms with van der Waals surface area (Å²) in [6.45, 7) is 1.45. The average Bonchev–Trinajstić information content (AvgIpc) is 3.15. The second-order valence-electron chi connectivity index (χ2n) is 4.89. The van der Waals surface area contributed by atoms with E-state index in [0.29, 0.717) is 0 Å². The lowest BCUT2D eigenvalue weighted by Gasteiger charge is -2.07. The van der Waals surface area contributed by atoms with E-state index in [2.05, 4.69) is 5.32 Å². The molecule has 1 aromatic rings. The molecule has 112 valence electrons. The molecule has 0 radical (unpaired) electrons. The third-order valence-corrected chi connectivity index (χ3v) is 3.42. The number of hydrogen-bond acceptors (Lipinski definition) is 5. The monoisotopic (exact) mass is 312 g/mol. The largest absolute Gasteiger partial charge is 0.455 e. The van der Waals surface area contributed by atoms with Gasteiger partial charge in [-0.15, -0.1) is 0 Å². The maximum atomic E-state index is 11.7. The van der Waals surface area contributed by atoms with Gasteiger partial charge in [0.25, 0.3) is 11.6 Å². The molecule has 1 saturated carbocycles. The molecule has 2 atom stereocenters. The van der Waals surface area contributed by atoms with Crippen molar-refractivity contribution in [3.63, 3.8) is 0 Å². The molecule has 0 aliphatic heterocycles. The topological polar surface area (TPSA) is 98.5 Å². The number of anilines is 1. The number of hydrogen-bond donors (Lipinski definition) is 1. The fraction of sp³-hybridized carbons (Fsp3) is 0.385. The van der Waals surface area contributed by atoms with Gasteiger partial charge in [0.2, 0.25) is 0 Å². The number of carbonyl (C=O) groups is 2. The fourth-order valence-corrected chi connectivity index (χ4v) is 2.01. The molecule has 0 spiro atoms. The van der Waals surface area contributed by atoms with Gasteiger partial charge in [-0.2, -0.15) is 0 Å². The number of esters is 1. The predicted octanol–water partition coefficient (Wildman–Crippen LogP) is 2.39. The smallest absolute Gasteiger partial charge is 0.309 e. The van der Waals surface area contributed by atoms with Crippen LogP contribution in [0.4, 0.5) is 11.4 Å². The Balaban J connectivity index is 1.93. The summed E-state index contributed by atoms with van der Waals surface area (Å²) in [5.74, 6) is -0.897. The highest BCUT2D eigenvalue weighted by Gasteiger charge is 2.40. The molecule has 1 N–H and O–H groups in total. The lowest BCUT2D eigenvalue weighted by atomic mass is 10.2. The van der Waals surface area contributed by atoms with Crippen molar-refractivity contribution in [2.45, 2.75) is 13.3 Å². The highest BCUT2D eigenvalue weighted by molar-refractivity contribution is 6.31. The Bertz CT molecular complexity index is 604. The van der Waals surface area contributed by atoms with E-state index >= 15 is 0 Å². The Labute approximate surface area is 125 Å². The number of amides is 1. The predicted molar refractivity (Wildman–Crippen MR) is 75.0 cm³/mol. The quantitative estimate of drug-likeness (QED) is 0.511. The first-order valence-corrected chi connectivity index (χ1v) is 6.66. The highest BCUT2D eigenvalue weighted by atomic mass is 35.5. The second kappa shape index (κ2) is 6.09. The van der Waals surface area contributed by atoms with Gasteiger partial charge in [0, 0.05) is 11.1 Å². The molecular formula is C13H13ClN2O5. The van der Waals surface area contributed by atoms with Crippen molar-refractivity contribution in [1.29, 1.82) is 0 Å². The van der Waals surface area contributed by atoms with Crippen molar-refractivity contribution in [2.24, 2.45) is 11.8 Å². The number of halogens is 1. The number of nitro benzene ring substituents is 1. The van der Waals surface area contributed by atoms with Gasteiger partial charge in [-0.1, -0.05) is 18.5 Å². The number of rotatable bonds is 5. The van der Waals surface area contributed by atoms with Crippen LogP contribution in [0.15, 0.2) is 18.2 Å². The standard InChI is InChI=1S/C13H13ClN2O5/c1-7-4-9(7)13(18)21-6-12(17)15-10-3-2-8(14)5-11(10)16(19)20/h2-3,5,7,9H,4,6H2,1H3,(H,15,17). The number of ether oxygens (including phenoxy) is 1. The first kappa shape index (κ1) is 15.2. The molecule has 1 amide bonds. The van der Waals surface area contributed by atoms with E-state index in [-0.39, 0.29) is 28.2 Å². The number of nitro groups is 1. The van der Waals surface area contributed by atoms with Crippen LogP contribution in [0.1, 0.15) is 13.3 Å². The third kappa shape index (κ3) is 3.91. The molecule has 1 aliphatic carbocycles. The van der Waals surface area contributed by atoms with Crippen molar-refractivity contribution < 1.29 is 19.2 Å². The first-order chi connectivity index (χ1) is 9.88. The van der Waals surface area contributed by atoms with E-state index < -0.39 is 23.4 Å². The molecule has 1 aliphatic rings. The molecular weight excluding hydrogens is 300 g/mol. The van der Waals surface area contributed by atoms with Crippen LogP contribution in [-0.2, 0) is 14.3 Å². The molecule has 0 bridgehead atoms. The summed E-state index contributed by atoms with van der Waals surface area (Å²) in [4.78, 5) is 33.3. The summed E-state index contributed by atoms with van der Waals surface area (Å²) in [6, 6.07) is 3.88. The highest BCUT2D eigenvalue weighted by Crippen LogP contribution is 2.38. The molecule has 8 heteroatoms. The van der Waals surface area contributed by atoms with E-state index in [4.69, 9.17) is 16.3 Å². The normalized spacial score (nSPS) is 19.7. The van der Waals surface area contributed by atoms with Crippen LogP contribution in [0, 0.1) is 22.0 Å². The second-order valence-corrected chi connectivity index (χ2v) is 5.33. The Morgan fingerprint density at radius 2 is 2.19 bits per heavy atom. The molecule has 7 nitrogen and oxygen atoms in total. The van der Waals surface area contributed by atoms with E-state index in [1.54, 1.807) is 0 Å². The van der Waals surface area contributed by atoms with Crippen LogP contribution in [0.3, 0.4) is 0 Å². The van der Waals surface area contributed by atoms with E-state index in [1.807, 2.05) is 6.92 Å². The lowest BCUT2D eigenvalue weighted by Crippen LogP contribution is -2.22. The molecule has 1 fully saturated rings. The van der Waals surface area contributed by atoms with Gasteiger partial charge in [-0.3, -0.25) is 19.7 Å². The molecule has 0 heterocycles. The average molecular weight is 313 g/mol. The number of benzene rings is 1. The van der Waals surface area contributed by atoms with Crippen molar-refractivity contribution >= 4 is 34.9 Å². The van der Waals surface area contributed by atoms with Gasteiger partial charge < -0.3 is 10.1 Å². The maximum Gasteiger partial charge on any atom is 0.309 e.